The van der Waals surface area contributed by atoms with Crippen LogP contribution in [0.25, 0.3) is 6.08 Å². The molecule has 0 N–H and O–H groups in total. The maximum absolute atomic E-state index is 12.9. The van der Waals surface area contributed by atoms with Gasteiger partial charge in [-0.3, -0.25) is 14.5 Å². The second-order valence-electron chi connectivity index (χ2n) is 6.52. The van der Waals surface area contributed by atoms with Crippen molar-refractivity contribution in [3.63, 3.8) is 0 Å². The third kappa shape index (κ3) is 3.98. The van der Waals surface area contributed by atoms with E-state index in [-0.39, 0.29) is 18.2 Å². The molecule has 0 radical (unpaired) electrons. The number of hydrogen-bond donors (Lipinski definition) is 0. The van der Waals surface area contributed by atoms with Crippen LogP contribution in [-0.4, -0.2) is 44.2 Å². The van der Waals surface area contributed by atoms with Gasteiger partial charge in [0.15, 0.2) is 23.0 Å². The number of imide groups is 1. The SMILES string of the molecule is COc1cc(/C=C2/SC(=O)N(Cc3cc4c(cc3Cl)OCO4)C2=O)cc(OC)c1OC. The molecule has 0 spiro atoms. The van der Waals surface area contributed by atoms with Crippen molar-refractivity contribution in [3.05, 3.63) is 45.3 Å². The highest BCUT2D eigenvalue weighted by Gasteiger charge is 2.36. The summed E-state index contributed by atoms with van der Waals surface area (Å²) in [5.41, 5.74) is 1.21. The Bertz CT molecular complexity index is 1080. The average molecular weight is 464 g/mol. The standard InChI is InChI=1S/C21H18ClNO7S/c1-26-16-4-11(5-17(27-2)19(16)28-3)6-18-20(24)23(21(25)31-18)9-12-7-14-15(8-13(12)22)30-10-29-14/h4-8H,9-10H2,1-3H3/b18-6+. The Hall–Kier alpha value is -3.04. The molecule has 8 nitrogen and oxygen atoms in total. The van der Waals surface area contributed by atoms with E-state index in [9.17, 15) is 9.59 Å². The quantitative estimate of drug-likeness (QED) is 0.585. The molecular formula is C21H18ClNO7S. The second-order valence-corrected chi connectivity index (χ2v) is 7.92. The zero-order valence-corrected chi connectivity index (χ0v) is 18.5. The average Bonchev–Trinajstić information content (AvgIpc) is 3.32. The van der Waals surface area contributed by atoms with Crippen LogP contribution < -0.4 is 23.7 Å². The molecule has 0 aliphatic carbocycles. The topological polar surface area (TPSA) is 83.5 Å². The van der Waals surface area contributed by atoms with Crippen LogP contribution in [0.3, 0.4) is 0 Å². The summed E-state index contributed by atoms with van der Waals surface area (Å²) in [5.74, 6) is 1.97. The normalized spacial score (nSPS) is 16.3. The second kappa shape index (κ2) is 8.60. The van der Waals surface area contributed by atoms with E-state index < -0.39 is 11.1 Å². The van der Waals surface area contributed by atoms with Gasteiger partial charge >= 0.3 is 0 Å². The Balaban J connectivity index is 1.61. The van der Waals surface area contributed by atoms with Gasteiger partial charge < -0.3 is 23.7 Å². The van der Waals surface area contributed by atoms with E-state index in [1.807, 2.05) is 0 Å². The number of carbonyl (C=O) groups excluding carboxylic acids is 2. The number of benzene rings is 2. The minimum Gasteiger partial charge on any atom is -0.493 e. The Morgan fingerprint density at radius 2 is 1.68 bits per heavy atom. The van der Waals surface area contributed by atoms with Gasteiger partial charge in [0.25, 0.3) is 11.1 Å². The van der Waals surface area contributed by atoms with E-state index in [4.69, 9.17) is 35.3 Å². The van der Waals surface area contributed by atoms with Crippen LogP contribution in [0.15, 0.2) is 29.2 Å². The van der Waals surface area contributed by atoms with E-state index in [1.165, 1.54) is 21.3 Å². The first-order valence-corrected chi connectivity index (χ1v) is 10.3. The van der Waals surface area contributed by atoms with Crippen molar-refractivity contribution in [2.75, 3.05) is 28.1 Å². The predicted molar refractivity (Wildman–Crippen MR) is 115 cm³/mol. The lowest BCUT2D eigenvalue weighted by atomic mass is 10.1. The molecule has 31 heavy (non-hydrogen) atoms. The van der Waals surface area contributed by atoms with E-state index in [0.717, 1.165) is 16.7 Å². The van der Waals surface area contributed by atoms with Crippen molar-refractivity contribution in [3.8, 4) is 28.7 Å². The molecule has 0 bridgehead atoms. The monoisotopic (exact) mass is 463 g/mol. The zero-order chi connectivity index (χ0) is 22.1. The van der Waals surface area contributed by atoms with Gasteiger partial charge in [0.1, 0.15) is 0 Å². The first-order valence-electron chi connectivity index (χ1n) is 9.08. The van der Waals surface area contributed by atoms with Crippen molar-refractivity contribution in [2.24, 2.45) is 0 Å². The summed E-state index contributed by atoms with van der Waals surface area (Å²) in [4.78, 5) is 26.9. The number of ether oxygens (including phenoxy) is 5. The molecule has 0 atom stereocenters. The lowest BCUT2D eigenvalue weighted by Gasteiger charge is -2.14. The highest BCUT2D eigenvalue weighted by atomic mass is 35.5. The highest BCUT2D eigenvalue weighted by molar-refractivity contribution is 8.18. The highest BCUT2D eigenvalue weighted by Crippen LogP contribution is 2.41. The Morgan fingerprint density at radius 1 is 1.03 bits per heavy atom. The Morgan fingerprint density at radius 3 is 2.29 bits per heavy atom. The molecule has 2 aliphatic rings. The number of amides is 2. The van der Waals surface area contributed by atoms with E-state index in [2.05, 4.69) is 0 Å². The fraction of sp³-hybridized carbons (Fsp3) is 0.238. The van der Waals surface area contributed by atoms with Crippen LogP contribution >= 0.6 is 23.4 Å². The van der Waals surface area contributed by atoms with Gasteiger partial charge in [-0.1, -0.05) is 11.6 Å². The number of rotatable bonds is 6. The first-order chi connectivity index (χ1) is 14.9. The van der Waals surface area contributed by atoms with Crippen LogP contribution in [0.2, 0.25) is 5.02 Å². The number of nitrogens with zero attached hydrogens (tertiary/aromatic N) is 1. The van der Waals surface area contributed by atoms with Crippen molar-refractivity contribution in [1.82, 2.24) is 4.90 Å². The summed E-state index contributed by atoms with van der Waals surface area (Å²) in [7, 11) is 4.51. The van der Waals surface area contributed by atoms with Crippen LogP contribution in [-0.2, 0) is 11.3 Å². The predicted octanol–water partition coefficient (Wildman–Crippen LogP) is 4.33. The van der Waals surface area contributed by atoms with Crippen LogP contribution in [0, 0.1) is 0 Å². The number of fused-ring (bicyclic) bond motifs is 1. The van der Waals surface area contributed by atoms with Gasteiger partial charge in [-0.2, -0.15) is 0 Å². The van der Waals surface area contributed by atoms with Gasteiger partial charge in [0.2, 0.25) is 12.5 Å². The lowest BCUT2D eigenvalue weighted by Crippen LogP contribution is -2.27. The van der Waals surface area contributed by atoms with Gasteiger partial charge in [-0.05, 0) is 47.2 Å². The molecule has 1 fully saturated rings. The summed E-state index contributed by atoms with van der Waals surface area (Å²) < 4.78 is 26.6. The third-order valence-corrected chi connectivity index (χ3v) is 5.99. The Labute approximate surface area is 187 Å². The van der Waals surface area contributed by atoms with E-state index >= 15 is 0 Å². The molecule has 1 saturated heterocycles. The fourth-order valence-corrected chi connectivity index (χ4v) is 4.27. The Kier molecular flexibility index (Phi) is 5.88. The first kappa shape index (κ1) is 21.2. The molecule has 162 valence electrons. The summed E-state index contributed by atoms with van der Waals surface area (Å²) in [5, 5.41) is -0.00525. The number of halogens is 1. The van der Waals surface area contributed by atoms with Crippen molar-refractivity contribution >= 4 is 40.6 Å². The van der Waals surface area contributed by atoms with Gasteiger partial charge in [0.05, 0.1) is 32.8 Å². The molecule has 0 unspecified atom stereocenters. The molecular weight excluding hydrogens is 446 g/mol. The molecule has 2 heterocycles. The van der Waals surface area contributed by atoms with Crippen molar-refractivity contribution < 1.29 is 33.3 Å². The van der Waals surface area contributed by atoms with Crippen LogP contribution in [0.1, 0.15) is 11.1 Å². The van der Waals surface area contributed by atoms with Gasteiger partial charge in [0, 0.05) is 11.1 Å². The minimum atomic E-state index is -0.419. The number of carbonyl (C=O) groups is 2. The molecule has 10 heteroatoms. The van der Waals surface area contributed by atoms with Gasteiger partial charge in [-0.25, -0.2) is 0 Å². The molecule has 2 aromatic carbocycles. The number of thioether (sulfide) groups is 1. The summed E-state index contributed by atoms with van der Waals surface area (Å²) in [6, 6.07) is 6.69. The van der Waals surface area contributed by atoms with Crippen molar-refractivity contribution in [1.29, 1.82) is 0 Å². The lowest BCUT2D eigenvalue weighted by molar-refractivity contribution is -0.123. The third-order valence-electron chi connectivity index (χ3n) is 4.73. The summed E-state index contributed by atoms with van der Waals surface area (Å²) in [6.07, 6.45) is 1.61. The minimum absolute atomic E-state index is 0.0206. The van der Waals surface area contributed by atoms with E-state index in [1.54, 1.807) is 30.3 Å². The number of methoxy groups -OCH3 is 3. The molecule has 4 rings (SSSR count). The van der Waals surface area contributed by atoms with Crippen molar-refractivity contribution in [2.45, 2.75) is 6.54 Å². The zero-order valence-electron chi connectivity index (χ0n) is 16.9. The molecule has 2 aliphatic heterocycles. The molecule has 2 aromatic rings. The van der Waals surface area contributed by atoms with Gasteiger partial charge in [-0.15, -0.1) is 0 Å². The summed E-state index contributed by atoms with van der Waals surface area (Å²) in [6.45, 7) is 0.126. The number of hydrogen-bond acceptors (Lipinski definition) is 8. The maximum Gasteiger partial charge on any atom is 0.293 e. The largest absolute Gasteiger partial charge is 0.493 e. The molecule has 0 aromatic heterocycles. The molecule has 2 amide bonds. The van der Waals surface area contributed by atoms with Crippen LogP contribution in [0.4, 0.5) is 4.79 Å². The molecule has 0 saturated carbocycles. The van der Waals surface area contributed by atoms with Crippen LogP contribution in [0.5, 0.6) is 28.7 Å². The smallest absolute Gasteiger partial charge is 0.293 e. The fourth-order valence-electron chi connectivity index (χ4n) is 3.22. The summed E-state index contributed by atoms with van der Waals surface area (Å²) >= 11 is 7.15. The van der Waals surface area contributed by atoms with E-state index in [0.29, 0.717) is 44.9 Å². The maximum atomic E-state index is 12.9.